The molecule has 0 fully saturated rings. The van der Waals surface area contributed by atoms with Crippen LogP contribution in [0.5, 0.6) is 11.5 Å². The first-order valence-corrected chi connectivity index (χ1v) is 6.27. The second-order valence-electron chi connectivity index (χ2n) is 4.03. The Morgan fingerprint density at radius 2 is 1.94 bits per heavy atom. The van der Waals surface area contributed by atoms with Crippen LogP contribution in [0.15, 0.2) is 42.5 Å². The van der Waals surface area contributed by atoms with E-state index >= 15 is 0 Å². The lowest BCUT2D eigenvalue weighted by Gasteiger charge is -2.09. The van der Waals surface area contributed by atoms with Gasteiger partial charge in [0.2, 0.25) is 0 Å². The zero-order valence-electron chi connectivity index (χ0n) is 10.2. The molecule has 0 aliphatic carbocycles. The summed E-state index contributed by atoms with van der Waals surface area (Å²) in [7, 11) is 0. The zero-order chi connectivity index (χ0) is 13.0. The van der Waals surface area contributed by atoms with Crippen molar-refractivity contribution in [2.24, 2.45) is 0 Å². The summed E-state index contributed by atoms with van der Waals surface area (Å²) in [6.07, 6.45) is 0.967. The maximum atomic E-state index is 9.01. The van der Waals surface area contributed by atoms with Crippen molar-refractivity contribution in [3.8, 4) is 11.5 Å². The van der Waals surface area contributed by atoms with Crippen molar-refractivity contribution >= 4 is 11.6 Å². The summed E-state index contributed by atoms with van der Waals surface area (Å²) in [5.74, 6) is 1.37. The third kappa shape index (κ3) is 3.03. The number of aryl methyl sites for hydroxylation is 1. The Morgan fingerprint density at radius 3 is 2.61 bits per heavy atom. The number of aliphatic hydroxyl groups is 1. The highest BCUT2D eigenvalue weighted by atomic mass is 35.5. The fraction of sp³-hybridized carbons (Fsp3) is 0.200. The van der Waals surface area contributed by atoms with Crippen molar-refractivity contribution in [2.75, 3.05) is 0 Å². The van der Waals surface area contributed by atoms with Crippen LogP contribution in [0.1, 0.15) is 18.1 Å². The van der Waals surface area contributed by atoms with E-state index in [1.807, 2.05) is 18.2 Å². The molecule has 0 unspecified atom stereocenters. The van der Waals surface area contributed by atoms with Gasteiger partial charge in [0.1, 0.15) is 11.5 Å². The molecule has 2 nitrogen and oxygen atoms in total. The van der Waals surface area contributed by atoms with E-state index in [-0.39, 0.29) is 6.61 Å². The summed E-state index contributed by atoms with van der Waals surface area (Å²) in [5.41, 5.74) is 1.99. The van der Waals surface area contributed by atoms with E-state index in [2.05, 4.69) is 13.0 Å². The normalized spacial score (nSPS) is 10.4. The topological polar surface area (TPSA) is 29.5 Å². The molecule has 0 amide bonds. The molecule has 0 aromatic heterocycles. The maximum Gasteiger partial charge on any atom is 0.146 e. The predicted octanol–water partition coefficient (Wildman–Crippen LogP) is 4.19. The molecular weight excluding hydrogens is 248 g/mol. The van der Waals surface area contributed by atoms with Crippen LogP contribution in [-0.2, 0) is 13.0 Å². The van der Waals surface area contributed by atoms with E-state index in [0.717, 1.165) is 17.7 Å². The van der Waals surface area contributed by atoms with E-state index in [4.69, 9.17) is 21.4 Å². The van der Waals surface area contributed by atoms with Gasteiger partial charge >= 0.3 is 0 Å². The molecule has 0 aliphatic heterocycles. The van der Waals surface area contributed by atoms with Crippen molar-refractivity contribution in [1.29, 1.82) is 0 Å². The Bertz CT molecular complexity index is 538. The number of hydrogen-bond acceptors (Lipinski definition) is 2. The van der Waals surface area contributed by atoms with Crippen LogP contribution in [0, 0.1) is 0 Å². The second kappa shape index (κ2) is 5.89. The lowest BCUT2D eigenvalue weighted by atomic mass is 10.1. The molecule has 0 heterocycles. The number of ether oxygens (including phenoxy) is 1. The summed E-state index contributed by atoms with van der Waals surface area (Å²) in [6.45, 7) is 2.08. The molecule has 2 aromatic rings. The molecule has 3 heteroatoms. The molecule has 2 rings (SSSR count). The summed E-state index contributed by atoms with van der Waals surface area (Å²) in [5, 5.41) is 9.51. The first kappa shape index (κ1) is 12.9. The van der Waals surface area contributed by atoms with Gasteiger partial charge in [-0.2, -0.15) is 0 Å². The molecule has 18 heavy (non-hydrogen) atoms. The minimum atomic E-state index is -0.0225. The second-order valence-corrected chi connectivity index (χ2v) is 4.43. The average molecular weight is 263 g/mol. The first-order chi connectivity index (χ1) is 8.72. The van der Waals surface area contributed by atoms with Crippen LogP contribution in [0.3, 0.4) is 0 Å². The van der Waals surface area contributed by atoms with E-state index in [0.29, 0.717) is 10.8 Å². The summed E-state index contributed by atoms with van der Waals surface area (Å²) < 4.78 is 5.74. The van der Waals surface area contributed by atoms with Crippen LogP contribution < -0.4 is 4.74 Å². The third-order valence-electron chi connectivity index (χ3n) is 2.71. The molecule has 0 atom stereocenters. The van der Waals surface area contributed by atoms with Gasteiger partial charge in [-0.15, -0.1) is 0 Å². The van der Waals surface area contributed by atoms with Gasteiger partial charge in [-0.1, -0.05) is 36.7 Å². The lowest BCUT2D eigenvalue weighted by Crippen LogP contribution is -1.89. The van der Waals surface area contributed by atoms with Crippen molar-refractivity contribution in [1.82, 2.24) is 0 Å². The smallest absolute Gasteiger partial charge is 0.146 e. The molecule has 0 saturated carbocycles. The average Bonchev–Trinajstić information content (AvgIpc) is 2.41. The van der Waals surface area contributed by atoms with E-state index in [1.165, 1.54) is 5.56 Å². The third-order valence-corrected chi connectivity index (χ3v) is 3.01. The SMILES string of the molecule is CCc1cccc(Oc2ccc(CO)cc2Cl)c1. The standard InChI is InChI=1S/C15H15ClO2/c1-2-11-4-3-5-13(8-11)18-15-7-6-12(10-17)9-14(15)16/h3-9,17H,2,10H2,1H3. The van der Waals surface area contributed by atoms with Crippen molar-refractivity contribution in [3.63, 3.8) is 0 Å². The van der Waals surface area contributed by atoms with Crippen LogP contribution in [-0.4, -0.2) is 5.11 Å². The maximum absolute atomic E-state index is 9.01. The molecule has 0 spiro atoms. The quantitative estimate of drug-likeness (QED) is 0.895. The largest absolute Gasteiger partial charge is 0.456 e. The Morgan fingerprint density at radius 1 is 1.11 bits per heavy atom. The predicted molar refractivity (Wildman–Crippen MR) is 73.3 cm³/mol. The summed E-state index contributed by atoms with van der Waals surface area (Å²) >= 11 is 6.10. The van der Waals surface area contributed by atoms with Gasteiger partial charge < -0.3 is 9.84 Å². The Hall–Kier alpha value is -1.51. The monoisotopic (exact) mass is 262 g/mol. The number of rotatable bonds is 4. The Balaban J connectivity index is 2.22. The van der Waals surface area contributed by atoms with Crippen LogP contribution in [0.4, 0.5) is 0 Å². The fourth-order valence-corrected chi connectivity index (χ4v) is 1.92. The van der Waals surface area contributed by atoms with Crippen molar-refractivity contribution < 1.29 is 9.84 Å². The Kier molecular flexibility index (Phi) is 4.24. The molecular formula is C15H15ClO2. The van der Waals surface area contributed by atoms with Gasteiger partial charge in [-0.05, 0) is 41.8 Å². The molecule has 2 aromatic carbocycles. The van der Waals surface area contributed by atoms with Crippen molar-refractivity contribution in [2.45, 2.75) is 20.0 Å². The number of halogens is 1. The van der Waals surface area contributed by atoms with Crippen LogP contribution in [0.2, 0.25) is 5.02 Å². The number of hydrogen-bond donors (Lipinski definition) is 1. The first-order valence-electron chi connectivity index (χ1n) is 5.89. The van der Waals surface area contributed by atoms with Crippen LogP contribution in [0.25, 0.3) is 0 Å². The van der Waals surface area contributed by atoms with Crippen molar-refractivity contribution in [3.05, 3.63) is 58.6 Å². The molecule has 1 N–H and O–H groups in total. The molecule has 0 saturated heterocycles. The van der Waals surface area contributed by atoms with Gasteiger partial charge in [0, 0.05) is 0 Å². The minimum absolute atomic E-state index is 0.0225. The highest BCUT2D eigenvalue weighted by Gasteiger charge is 2.04. The van der Waals surface area contributed by atoms with Crippen LogP contribution >= 0.6 is 11.6 Å². The Labute approximate surface area is 112 Å². The minimum Gasteiger partial charge on any atom is -0.456 e. The highest BCUT2D eigenvalue weighted by molar-refractivity contribution is 6.32. The lowest BCUT2D eigenvalue weighted by molar-refractivity contribution is 0.281. The van der Waals surface area contributed by atoms with Gasteiger partial charge in [-0.3, -0.25) is 0 Å². The van der Waals surface area contributed by atoms with Gasteiger partial charge in [-0.25, -0.2) is 0 Å². The summed E-state index contributed by atoms with van der Waals surface area (Å²) in [4.78, 5) is 0. The van der Waals surface area contributed by atoms with Gasteiger partial charge in [0.05, 0.1) is 11.6 Å². The molecule has 0 radical (unpaired) electrons. The molecule has 0 aliphatic rings. The van der Waals surface area contributed by atoms with Gasteiger partial charge in [0.25, 0.3) is 0 Å². The fourth-order valence-electron chi connectivity index (χ4n) is 1.68. The zero-order valence-corrected chi connectivity index (χ0v) is 10.9. The van der Waals surface area contributed by atoms with Gasteiger partial charge in [0.15, 0.2) is 0 Å². The summed E-state index contributed by atoms with van der Waals surface area (Å²) in [6, 6.07) is 13.2. The molecule has 94 valence electrons. The number of benzene rings is 2. The number of aliphatic hydroxyl groups excluding tert-OH is 1. The van der Waals surface area contributed by atoms with E-state index in [1.54, 1.807) is 18.2 Å². The molecule has 0 bridgehead atoms. The van der Waals surface area contributed by atoms with E-state index in [9.17, 15) is 0 Å². The van der Waals surface area contributed by atoms with E-state index < -0.39 is 0 Å². The highest BCUT2D eigenvalue weighted by Crippen LogP contribution is 2.30.